The van der Waals surface area contributed by atoms with Crippen LogP contribution in [0.25, 0.3) is 21.7 Å². The highest BCUT2D eigenvalue weighted by Gasteiger charge is 2.16. The zero-order chi connectivity index (χ0) is 21.8. The lowest BCUT2D eigenvalue weighted by Crippen LogP contribution is -1.88. The molecule has 0 unspecified atom stereocenters. The first-order valence-corrected chi connectivity index (χ1v) is 11.3. The first-order valence-electron chi connectivity index (χ1n) is 9.68. The quantitative estimate of drug-likeness (QED) is 0.159. The average molecular weight is 492 g/mol. The van der Waals surface area contributed by atoms with Crippen LogP contribution < -0.4 is 0 Å². The highest BCUT2D eigenvalue weighted by atomic mass is 79.9. The number of non-ortho nitro benzene ring substituents is 1. The second kappa shape index (κ2) is 9.32. The standard InChI is InChI=1S/C24H18BrN3O2S/c1-2-16-6-8-18(9-7-16)22-23(19-10-12-21(13-11-19)28(29)30)31-24(27-22)26-15-17-4-3-5-20(25)14-17/h3-15H,2H2,1H3. The SMILES string of the molecule is CCc1ccc(-c2nc(N=Cc3cccc(Br)c3)sc2-c2ccc([N+](=O)[O-])cc2)cc1. The molecule has 1 heterocycles. The largest absolute Gasteiger partial charge is 0.269 e. The Kier molecular flexibility index (Phi) is 6.34. The summed E-state index contributed by atoms with van der Waals surface area (Å²) in [6.45, 7) is 2.12. The van der Waals surface area contributed by atoms with Crippen molar-refractivity contribution in [3.63, 3.8) is 0 Å². The van der Waals surface area contributed by atoms with Gasteiger partial charge in [-0.25, -0.2) is 9.98 Å². The number of nitro benzene ring substituents is 1. The van der Waals surface area contributed by atoms with E-state index in [1.54, 1.807) is 18.3 Å². The van der Waals surface area contributed by atoms with E-state index >= 15 is 0 Å². The molecule has 0 saturated heterocycles. The lowest BCUT2D eigenvalue weighted by molar-refractivity contribution is -0.384. The number of thiazole rings is 1. The van der Waals surface area contributed by atoms with Crippen molar-refractivity contribution < 1.29 is 4.92 Å². The second-order valence-corrected chi connectivity index (χ2v) is 8.74. The summed E-state index contributed by atoms with van der Waals surface area (Å²) in [7, 11) is 0. The van der Waals surface area contributed by atoms with Crippen molar-refractivity contribution in [2.45, 2.75) is 13.3 Å². The highest BCUT2D eigenvalue weighted by Crippen LogP contribution is 2.40. The lowest BCUT2D eigenvalue weighted by Gasteiger charge is -2.04. The molecular weight excluding hydrogens is 474 g/mol. The van der Waals surface area contributed by atoms with Gasteiger partial charge in [0.25, 0.3) is 5.69 Å². The number of nitrogens with zero attached hydrogens (tertiary/aromatic N) is 3. The Hall–Kier alpha value is -3.16. The predicted octanol–water partition coefficient (Wildman–Crippen LogP) is 7.46. The number of hydrogen-bond donors (Lipinski definition) is 0. The fourth-order valence-corrected chi connectivity index (χ4v) is 4.46. The van der Waals surface area contributed by atoms with E-state index in [-0.39, 0.29) is 5.69 Å². The van der Waals surface area contributed by atoms with Crippen LogP contribution in [0.3, 0.4) is 0 Å². The van der Waals surface area contributed by atoms with Crippen LogP contribution in [-0.2, 0) is 6.42 Å². The highest BCUT2D eigenvalue weighted by molar-refractivity contribution is 9.10. The molecule has 0 amide bonds. The van der Waals surface area contributed by atoms with E-state index in [2.05, 4.69) is 52.1 Å². The summed E-state index contributed by atoms with van der Waals surface area (Å²) in [5, 5.41) is 11.6. The summed E-state index contributed by atoms with van der Waals surface area (Å²) in [5.41, 5.74) is 4.98. The second-order valence-electron chi connectivity index (χ2n) is 6.84. The lowest BCUT2D eigenvalue weighted by atomic mass is 10.0. The topological polar surface area (TPSA) is 68.4 Å². The van der Waals surface area contributed by atoms with Crippen molar-refractivity contribution in [3.05, 3.63) is 98.5 Å². The van der Waals surface area contributed by atoms with Gasteiger partial charge in [-0.05, 0) is 47.4 Å². The molecule has 0 radical (unpaired) electrons. The first kappa shape index (κ1) is 21.1. The van der Waals surface area contributed by atoms with E-state index in [1.807, 2.05) is 24.3 Å². The number of aromatic nitrogens is 1. The van der Waals surface area contributed by atoms with E-state index in [1.165, 1.54) is 29.0 Å². The van der Waals surface area contributed by atoms with Gasteiger partial charge in [0.1, 0.15) is 0 Å². The molecule has 0 atom stereocenters. The van der Waals surface area contributed by atoms with Crippen molar-refractivity contribution in [2.75, 3.05) is 0 Å². The van der Waals surface area contributed by atoms with Gasteiger partial charge in [-0.15, -0.1) is 0 Å². The molecule has 0 aliphatic carbocycles. The fraction of sp³-hybridized carbons (Fsp3) is 0.0833. The molecule has 31 heavy (non-hydrogen) atoms. The van der Waals surface area contributed by atoms with Gasteiger partial charge >= 0.3 is 0 Å². The van der Waals surface area contributed by atoms with Crippen LogP contribution in [0, 0.1) is 10.1 Å². The molecule has 154 valence electrons. The number of nitro groups is 1. The molecule has 4 aromatic rings. The van der Waals surface area contributed by atoms with Crippen LogP contribution in [0.2, 0.25) is 0 Å². The molecule has 0 saturated carbocycles. The number of halogens is 1. The van der Waals surface area contributed by atoms with E-state index in [0.717, 1.165) is 38.2 Å². The monoisotopic (exact) mass is 491 g/mol. The van der Waals surface area contributed by atoms with E-state index in [0.29, 0.717) is 5.13 Å². The maximum absolute atomic E-state index is 11.0. The van der Waals surface area contributed by atoms with Crippen molar-refractivity contribution >= 4 is 44.3 Å². The zero-order valence-corrected chi connectivity index (χ0v) is 19.1. The van der Waals surface area contributed by atoms with Crippen LogP contribution in [-0.4, -0.2) is 16.1 Å². The minimum atomic E-state index is -0.394. The summed E-state index contributed by atoms with van der Waals surface area (Å²) in [5.74, 6) is 0. The fourth-order valence-electron chi connectivity index (χ4n) is 3.10. The third-order valence-corrected chi connectivity index (χ3v) is 6.27. The molecule has 0 N–H and O–H groups in total. The number of aryl methyl sites for hydroxylation is 1. The summed E-state index contributed by atoms with van der Waals surface area (Å²) in [6, 6.07) is 22.7. The van der Waals surface area contributed by atoms with Crippen LogP contribution in [0.5, 0.6) is 0 Å². The van der Waals surface area contributed by atoms with Crippen molar-refractivity contribution in [1.29, 1.82) is 0 Å². The Labute approximate surface area is 192 Å². The van der Waals surface area contributed by atoms with Crippen LogP contribution >= 0.6 is 27.3 Å². The summed E-state index contributed by atoms with van der Waals surface area (Å²) in [6.07, 6.45) is 2.75. The molecule has 0 aliphatic heterocycles. The first-order chi connectivity index (χ1) is 15.0. The van der Waals surface area contributed by atoms with Crippen LogP contribution in [0.1, 0.15) is 18.1 Å². The minimum absolute atomic E-state index is 0.0648. The number of aliphatic imine (C=N–C) groups is 1. The molecule has 3 aromatic carbocycles. The Morgan fingerprint density at radius 2 is 1.77 bits per heavy atom. The van der Waals surface area contributed by atoms with Gasteiger partial charge in [-0.3, -0.25) is 10.1 Å². The van der Waals surface area contributed by atoms with E-state index < -0.39 is 4.92 Å². The summed E-state index contributed by atoms with van der Waals surface area (Å²) >= 11 is 4.93. The maximum atomic E-state index is 11.0. The Balaban J connectivity index is 1.76. The van der Waals surface area contributed by atoms with Crippen molar-refractivity contribution in [3.8, 4) is 21.7 Å². The third kappa shape index (κ3) is 4.95. The predicted molar refractivity (Wildman–Crippen MR) is 130 cm³/mol. The number of rotatable bonds is 6. The number of hydrogen-bond acceptors (Lipinski definition) is 5. The van der Waals surface area contributed by atoms with Gasteiger partial charge in [0.05, 0.1) is 15.5 Å². The van der Waals surface area contributed by atoms with Crippen LogP contribution in [0.4, 0.5) is 10.8 Å². The van der Waals surface area contributed by atoms with E-state index in [4.69, 9.17) is 4.98 Å². The molecule has 0 aliphatic rings. The van der Waals surface area contributed by atoms with Gasteiger partial charge in [-0.1, -0.05) is 70.6 Å². The Morgan fingerprint density at radius 1 is 1.06 bits per heavy atom. The summed E-state index contributed by atoms with van der Waals surface area (Å²) < 4.78 is 0.985. The number of benzene rings is 3. The van der Waals surface area contributed by atoms with Crippen LogP contribution in [0.15, 0.2) is 82.3 Å². The molecule has 1 aromatic heterocycles. The molecular formula is C24H18BrN3O2S. The van der Waals surface area contributed by atoms with Gasteiger partial charge in [0, 0.05) is 28.4 Å². The smallest absolute Gasteiger partial charge is 0.258 e. The Morgan fingerprint density at radius 3 is 2.42 bits per heavy atom. The van der Waals surface area contributed by atoms with E-state index in [9.17, 15) is 10.1 Å². The normalized spacial score (nSPS) is 11.2. The van der Waals surface area contributed by atoms with Gasteiger partial charge in [0.15, 0.2) is 0 Å². The Bertz CT molecular complexity index is 1250. The van der Waals surface area contributed by atoms with Gasteiger partial charge < -0.3 is 0 Å². The third-order valence-electron chi connectivity index (χ3n) is 4.76. The zero-order valence-electron chi connectivity index (χ0n) is 16.7. The minimum Gasteiger partial charge on any atom is -0.258 e. The molecule has 5 nitrogen and oxygen atoms in total. The molecule has 0 bridgehead atoms. The molecule has 0 fully saturated rings. The van der Waals surface area contributed by atoms with Gasteiger partial charge in [0.2, 0.25) is 5.13 Å². The van der Waals surface area contributed by atoms with Crippen molar-refractivity contribution in [2.24, 2.45) is 4.99 Å². The molecule has 4 rings (SSSR count). The van der Waals surface area contributed by atoms with Gasteiger partial charge in [-0.2, -0.15) is 0 Å². The van der Waals surface area contributed by atoms with Crippen molar-refractivity contribution in [1.82, 2.24) is 4.98 Å². The summed E-state index contributed by atoms with van der Waals surface area (Å²) in [4.78, 5) is 20.9. The molecule has 0 spiro atoms. The maximum Gasteiger partial charge on any atom is 0.269 e. The average Bonchev–Trinajstić information content (AvgIpc) is 3.22. The molecule has 7 heteroatoms.